The molecule has 7 heteroatoms. The van der Waals surface area contributed by atoms with Gasteiger partial charge in [0, 0.05) is 6.54 Å². The number of alkyl carbamates (subject to hydrolysis) is 1. The first-order chi connectivity index (χ1) is 8.80. The molecule has 0 bridgehead atoms. The minimum absolute atomic E-state index is 0.278. The van der Waals surface area contributed by atoms with Gasteiger partial charge in [0.15, 0.2) is 5.60 Å². The van der Waals surface area contributed by atoms with Crippen molar-refractivity contribution in [1.29, 1.82) is 0 Å². The number of rotatable bonds is 0. The molecule has 2 heterocycles. The first kappa shape index (κ1) is 13.9. The predicted octanol–water partition coefficient (Wildman–Crippen LogP) is 0.732. The second kappa shape index (κ2) is 4.88. The number of nitrogens with zero attached hydrogens (tertiary/aromatic N) is 1. The summed E-state index contributed by atoms with van der Waals surface area (Å²) in [6, 6.07) is 0. The molecule has 2 rings (SSSR count). The van der Waals surface area contributed by atoms with Crippen molar-refractivity contribution in [2.75, 3.05) is 32.8 Å². The molecule has 2 fully saturated rings. The molecule has 0 saturated carbocycles. The zero-order valence-corrected chi connectivity index (χ0v) is 11.5. The quantitative estimate of drug-likeness (QED) is 0.703. The molecule has 108 valence electrons. The van der Waals surface area contributed by atoms with Gasteiger partial charge in [-0.25, -0.2) is 9.59 Å². The summed E-state index contributed by atoms with van der Waals surface area (Å²) in [6.07, 6.45) is -0.894. The van der Waals surface area contributed by atoms with E-state index >= 15 is 0 Å². The van der Waals surface area contributed by atoms with Gasteiger partial charge in [0.25, 0.3) is 0 Å². The molecule has 0 aromatic carbocycles. The normalized spacial score (nSPS) is 27.7. The lowest BCUT2D eigenvalue weighted by molar-refractivity contribution is -0.0207. The third-order valence-corrected chi connectivity index (χ3v) is 2.87. The maximum atomic E-state index is 12.1. The number of nitrogens with one attached hydrogen (secondary N) is 1. The summed E-state index contributed by atoms with van der Waals surface area (Å²) < 4.78 is 16.0. The van der Waals surface area contributed by atoms with E-state index < -0.39 is 23.4 Å². The number of hydrogen-bond acceptors (Lipinski definition) is 5. The van der Waals surface area contributed by atoms with Crippen LogP contribution < -0.4 is 5.32 Å². The molecule has 2 aliphatic rings. The van der Waals surface area contributed by atoms with E-state index in [1.165, 1.54) is 4.90 Å². The Bertz CT molecular complexity index is 379. The average molecular weight is 272 g/mol. The van der Waals surface area contributed by atoms with Crippen molar-refractivity contribution in [3.05, 3.63) is 0 Å². The van der Waals surface area contributed by atoms with Gasteiger partial charge in [-0.05, 0) is 20.8 Å². The third kappa shape index (κ3) is 3.50. The molecule has 1 spiro atoms. The van der Waals surface area contributed by atoms with Crippen LogP contribution in [0.15, 0.2) is 0 Å². The number of carbonyl (C=O) groups excluding carboxylic acids is 2. The highest BCUT2D eigenvalue weighted by Gasteiger charge is 2.45. The number of carbonyl (C=O) groups is 2. The van der Waals surface area contributed by atoms with E-state index in [0.717, 1.165) is 0 Å². The van der Waals surface area contributed by atoms with Crippen LogP contribution >= 0.6 is 0 Å². The monoisotopic (exact) mass is 272 g/mol. The van der Waals surface area contributed by atoms with E-state index in [2.05, 4.69) is 5.32 Å². The zero-order valence-electron chi connectivity index (χ0n) is 11.5. The van der Waals surface area contributed by atoms with Crippen LogP contribution in [-0.2, 0) is 14.2 Å². The molecule has 2 amide bonds. The Balaban J connectivity index is 2.04. The maximum Gasteiger partial charge on any atom is 0.410 e. The maximum absolute atomic E-state index is 12.1. The molecule has 0 radical (unpaired) electrons. The van der Waals surface area contributed by atoms with Crippen LogP contribution in [0.1, 0.15) is 20.8 Å². The van der Waals surface area contributed by atoms with Crippen LogP contribution in [-0.4, -0.2) is 61.1 Å². The van der Waals surface area contributed by atoms with Crippen molar-refractivity contribution >= 4 is 12.2 Å². The van der Waals surface area contributed by atoms with Gasteiger partial charge in [0.2, 0.25) is 0 Å². The standard InChI is InChI=1S/C12H20N2O5/c1-11(2,3)19-10(16)14-4-5-17-8-12(7-14)6-13-9(15)18-12/h4-8H2,1-3H3,(H,13,15). The van der Waals surface area contributed by atoms with Crippen molar-refractivity contribution < 1.29 is 23.8 Å². The van der Waals surface area contributed by atoms with Gasteiger partial charge < -0.3 is 24.4 Å². The van der Waals surface area contributed by atoms with Crippen LogP contribution in [0, 0.1) is 0 Å². The second-order valence-electron chi connectivity index (χ2n) is 5.88. The van der Waals surface area contributed by atoms with Crippen molar-refractivity contribution in [1.82, 2.24) is 10.2 Å². The Hall–Kier alpha value is -1.50. The summed E-state index contributed by atoms with van der Waals surface area (Å²) in [5.74, 6) is 0. The van der Waals surface area contributed by atoms with Crippen LogP contribution in [0.2, 0.25) is 0 Å². The van der Waals surface area contributed by atoms with Gasteiger partial charge in [-0.2, -0.15) is 0 Å². The van der Waals surface area contributed by atoms with Crippen molar-refractivity contribution in [3.63, 3.8) is 0 Å². The lowest BCUT2D eigenvalue weighted by Gasteiger charge is -2.31. The molecular formula is C12H20N2O5. The van der Waals surface area contributed by atoms with Crippen LogP contribution in [0.3, 0.4) is 0 Å². The molecule has 0 aliphatic carbocycles. The van der Waals surface area contributed by atoms with Crippen molar-refractivity contribution in [3.8, 4) is 0 Å². The van der Waals surface area contributed by atoms with Gasteiger partial charge in [-0.15, -0.1) is 0 Å². The minimum atomic E-state index is -0.801. The molecule has 2 aliphatic heterocycles. The first-order valence-corrected chi connectivity index (χ1v) is 6.32. The smallest absolute Gasteiger partial charge is 0.410 e. The molecular weight excluding hydrogens is 252 g/mol. The first-order valence-electron chi connectivity index (χ1n) is 6.32. The molecule has 0 aromatic rings. The van der Waals surface area contributed by atoms with Gasteiger partial charge in [0.1, 0.15) is 5.60 Å². The number of ether oxygens (including phenoxy) is 3. The Morgan fingerprint density at radius 3 is 2.79 bits per heavy atom. The van der Waals surface area contributed by atoms with Gasteiger partial charge in [-0.3, -0.25) is 0 Å². The second-order valence-corrected chi connectivity index (χ2v) is 5.88. The average Bonchev–Trinajstić information content (AvgIpc) is 2.51. The third-order valence-electron chi connectivity index (χ3n) is 2.87. The summed E-state index contributed by atoms with van der Waals surface area (Å²) in [7, 11) is 0. The number of hydrogen-bond donors (Lipinski definition) is 1. The molecule has 0 aromatic heterocycles. The van der Waals surface area contributed by atoms with E-state index in [9.17, 15) is 9.59 Å². The van der Waals surface area contributed by atoms with Crippen LogP contribution in [0.5, 0.6) is 0 Å². The van der Waals surface area contributed by atoms with E-state index in [4.69, 9.17) is 14.2 Å². The molecule has 1 atom stereocenters. The fourth-order valence-corrected chi connectivity index (χ4v) is 2.06. The predicted molar refractivity (Wildman–Crippen MR) is 65.8 cm³/mol. The van der Waals surface area contributed by atoms with E-state index in [0.29, 0.717) is 19.7 Å². The topological polar surface area (TPSA) is 77.1 Å². The van der Waals surface area contributed by atoms with E-state index in [1.54, 1.807) is 0 Å². The van der Waals surface area contributed by atoms with Crippen molar-refractivity contribution in [2.24, 2.45) is 0 Å². The zero-order chi connectivity index (χ0) is 14.1. The summed E-state index contributed by atoms with van der Waals surface area (Å²) >= 11 is 0. The Morgan fingerprint density at radius 1 is 1.47 bits per heavy atom. The SMILES string of the molecule is CC(C)(C)OC(=O)N1CCOCC2(CNC(=O)O2)C1. The Labute approximate surface area is 112 Å². The Kier molecular flexibility index (Phi) is 3.58. The highest BCUT2D eigenvalue weighted by Crippen LogP contribution is 2.22. The summed E-state index contributed by atoms with van der Waals surface area (Å²) in [5.41, 5.74) is -1.35. The van der Waals surface area contributed by atoms with E-state index in [1.807, 2.05) is 20.8 Å². The number of amides is 2. The minimum Gasteiger partial charge on any atom is -0.444 e. The van der Waals surface area contributed by atoms with Crippen LogP contribution in [0.25, 0.3) is 0 Å². The van der Waals surface area contributed by atoms with Gasteiger partial charge in [0.05, 0.1) is 26.3 Å². The van der Waals surface area contributed by atoms with Crippen molar-refractivity contribution in [2.45, 2.75) is 32.0 Å². The molecule has 19 heavy (non-hydrogen) atoms. The lowest BCUT2D eigenvalue weighted by Crippen LogP contribution is -2.50. The van der Waals surface area contributed by atoms with Gasteiger partial charge >= 0.3 is 12.2 Å². The fraction of sp³-hybridized carbons (Fsp3) is 0.833. The summed E-state index contributed by atoms with van der Waals surface area (Å²) in [4.78, 5) is 24.8. The highest BCUT2D eigenvalue weighted by molar-refractivity contribution is 5.71. The van der Waals surface area contributed by atoms with Gasteiger partial charge in [-0.1, -0.05) is 0 Å². The molecule has 7 nitrogen and oxygen atoms in total. The molecule has 1 N–H and O–H groups in total. The van der Waals surface area contributed by atoms with Crippen LogP contribution in [0.4, 0.5) is 9.59 Å². The summed E-state index contributed by atoms with van der Waals surface area (Å²) in [6.45, 7) is 7.16. The van der Waals surface area contributed by atoms with E-state index in [-0.39, 0.29) is 13.2 Å². The Morgan fingerprint density at radius 2 is 2.21 bits per heavy atom. The fourth-order valence-electron chi connectivity index (χ4n) is 2.06. The molecule has 1 unspecified atom stereocenters. The highest BCUT2D eigenvalue weighted by atomic mass is 16.6. The summed E-state index contributed by atoms with van der Waals surface area (Å²) in [5, 5.41) is 2.60. The lowest BCUT2D eigenvalue weighted by atomic mass is 10.1. The largest absolute Gasteiger partial charge is 0.444 e. The molecule has 2 saturated heterocycles.